The maximum Gasteiger partial charge on any atom is 0.224 e. The van der Waals surface area contributed by atoms with E-state index in [4.69, 9.17) is 4.98 Å². The Morgan fingerprint density at radius 3 is 2.74 bits per heavy atom. The number of thiazole rings is 1. The predicted molar refractivity (Wildman–Crippen MR) is 94.6 cm³/mol. The van der Waals surface area contributed by atoms with E-state index in [-0.39, 0.29) is 17.7 Å². The van der Waals surface area contributed by atoms with Crippen LogP contribution in [-0.4, -0.2) is 16.9 Å². The standard InChI is InChI=1S/C19H22N2OS/c22-18(20-13-7-1-2-8-13)14-9-3-4-10-15(14)19-21-16-11-5-6-12-17(16)23-19/h3-6,11-15H,1-2,7-10H2,(H,20,22)/t14-,15+/m0/s1. The van der Waals surface area contributed by atoms with Gasteiger partial charge < -0.3 is 5.32 Å². The number of aromatic nitrogens is 1. The molecule has 4 heteroatoms. The van der Waals surface area contributed by atoms with Crippen molar-refractivity contribution in [2.45, 2.75) is 50.5 Å². The lowest BCUT2D eigenvalue weighted by atomic mass is 9.82. The van der Waals surface area contributed by atoms with Crippen molar-refractivity contribution in [2.75, 3.05) is 0 Å². The van der Waals surface area contributed by atoms with Crippen molar-refractivity contribution in [1.29, 1.82) is 0 Å². The zero-order chi connectivity index (χ0) is 15.6. The smallest absolute Gasteiger partial charge is 0.224 e. The highest BCUT2D eigenvalue weighted by Gasteiger charge is 2.33. The van der Waals surface area contributed by atoms with Gasteiger partial charge in [0.05, 0.1) is 21.1 Å². The van der Waals surface area contributed by atoms with Gasteiger partial charge in [0, 0.05) is 12.0 Å². The molecule has 23 heavy (non-hydrogen) atoms. The van der Waals surface area contributed by atoms with Gasteiger partial charge in [0.25, 0.3) is 0 Å². The first-order valence-electron chi connectivity index (χ1n) is 8.62. The fraction of sp³-hybridized carbons (Fsp3) is 0.474. The fourth-order valence-electron chi connectivity index (χ4n) is 3.80. The molecule has 1 heterocycles. The molecule has 0 spiro atoms. The highest BCUT2D eigenvalue weighted by Crippen LogP contribution is 2.38. The SMILES string of the molecule is O=C(NC1CCCC1)[C@H]1CC=CC[C@H]1c1nc2ccccc2s1. The van der Waals surface area contributed by atoms with Crippen LogP contribution in [0.25, 0.3) is 10.2 Å². The van der Waals surface area contributed by atoms with Crippen molar-refractivity contribution in [2.24, 2.45) is 5.92 Å². The lowest BCUT2D eigenvalue weighted by Gasteiger charge is -2.27. The minimum absolute atomic E-state index is 0.0289. The second-order valence-corrected chi connectivity index (χ2v) is 7.73. The van der Waals surface area contributed by atoms with Gasteiger partial charge in [-0.2, -0.15) is 0 Å². The van der Waals surface area contributed by atoms with E-state index in [0.717, 1.165) is 36.2 Å². The first-order chi connectivity index (χ1) is 11.3. The maximum atomic E-state index is 12.8. The third-order valence-electron chi connectivity index (χ3n) is 5.10. The van der Waals surface area contributed by atoms with Crippen molar-refractivity contribution in [3.05, 3.63) is 41.4 Å². The number of fused-ring (bicyclic) bond motifs is 1. The van der Waals surface area contributed by atoms with Crippen molar-refractivity contribution < 1.29 is 4.79 Å². The number of benzene rings is 1. The van der Waals surface area contributed by atoms with Gasteiger partial charge in [-0.3, -0.25) is 4.79 Å². The molecule has 1 N–H and O–H groups in total. The summed E-state index contributed by atoms with van der Waals surface area (Å²) in [6.45, 7) is 0. The largest absolute Gasteiger partial charge is 0.353 e. The lowest BCUT2D eigenvalue weighted by molar-refractivity contribution is -0.126. The number of allylic oxidation sites excluding steroid dienone is 2. The summed E-state index contributed by atoms with van der Waals surface area (Å²) in [7, 11) is 0. The molecule has 1 fully saturated rings. The van der Waals surface area contributed by atoms with Crippen molar-refractivity contribution in [3.8, 4) is 0 Å². The lowest BCUT2D eigenvalue weighted by Crippen LogP contribution is -2.40. The molecule has 0 unspecified atom stereocenters. The van der Waals surface area contributed by atoms with Crippen LogP contribution in [0.5, 0.6) is 0 Å². The molecule has 1 amide bonds. The minimum Gasteiger partial charge on any atom is -0.353 e. The van der Waals surface area contributed by atoms with E-state index in [9.17, 15) is 4.79 Å². The normalized spacial score (nSPS) is 25.0. The first-order valence-corrected chi connectivity index (χ1v) is 9.44. The van der Waals surface area contributed by atoms with Gasteiger partial charge in [0.15, 0.2) is 0 Å². The molecule has 0 bridgehead atoms. The molecule has 2 aliphatic rings. The van der Waals surface area contributed by atoms with Crippen LogP contribution >= 0.6 is 11.3 Å². The molecule has 1 saturated carbocycles. The summed E-state index contributed by atoms with van der Waals surface area (Å²) >= 11 is 1.74. The van der Waals surface area contributed by atoms with Crippen LogP contribution in [0, 0.1) is 5.92 Å². The monoisotopic (exact) mass is 326 g/mol. The molecule has 3 nitrogen and oxygen atoms in total. The summed E-state index contributed by atoms with van der Waals surface area (Å²) in [5.74, 6) is 0.477. The molecule has 1 aromatic heterocycles. The van der Waals surface area contributed by atoms with Crippen LogP contribution < -0.4 is 5.32 Å². The van der Waals surface area contributed by atoms with Gasteiger partial charge in [0.2, 0.25) is 5.91 Å². The average molecular weight is 326 g/mol. The van der Waals surface area contributed by atoms with E-state index in [1.54, 1.807) is 11.3 Å². The van der Waals surface area contributed by atoms with E-state index >= 15 is 0 Å². The number of hydrogen-bond donors (Lipinski definition) is 1. The Kier molecular flexibility index (Phi) is 4.17. The summed E-state index contributed by atoms with van der Waals surface area (Å²) in [6, 6.07) is 8.64. The zero-order valence-electron chi connectivity index (χ0n) is 13.2. The molecule has 2 atom stereocenters. The van der Waals surface area contributed by atoms with Gasteiger partial charge in [-0.25, -0.2) is 4.98 Å². The van der Waals surface area contributed by atoms with E-state index in [1.807, 2.05) is 6.07 Å². The number of nitrogens with zero attached hydrogens (tertiary/aromatic N) is 1. The van der Waals surface area contributed by atoms with Crippen molar-refractivity contribution in [3.63, 3.8) is 0 Å². The summed E-state index contributed by atoms with van der Waals surface area (Å²) in [5.41, 5.74) is 1.05. The Balaban J connectivity index is 1.57. The molecule has 1 aromatic carbocycles. The number of amides is 1. The molecule has 2 aliphatic carbocycles. The molecule has 4 rings (SSSR count). The summed E-state index contributed by atoms with van der Waals surface area (Å²) in [6.07, 6.45) is 10.9. The van der Waals surface area contributed by atoms with Crippen LogP contribution in [0.3, 0.4) is 0 Å². The third kappa shape index (κ3) is 3.05. The Morgan fingerprint density at radius 2 is 1.91 bits per heavy atom. The molecule has 0 saturated heterocycles. The number of nitrogens with one attached hydrogen (secondary N) is 1. The topological polar surface area (TPSA) is 42.0 Å². The highest BCUT2D eigenvalue weighted by atomic mass is 32.1. The van der Waals surface area contributed by atoms with E-state index in [1.165, 1.54) is 17.5 Å². The minimum atomic E-state index is 0.0289. The zero-order valence-corrected chi connectivity index (χ0v) is 14.0. The fourth-order valence-corrected chi connectivity index (χ4v) is 4.95. The van der Waals surface area contributed by atoms with Crippen LogP contribution in [0.2, 0.25) is 0 Å². The molecular formula is C19H22N2OS. The average Bonchev–Trinajstić information content (AvgIpc) is 3.23. The number of rotatable bonds is 3. The summed E-state index contributed by atoms with van der Waals surface area (Å²) in [4.78, 5) is 17.6. The second-order valence-electron chi connectivity index (χ2n) is 6.67. The van der Waals surface area contributed by atoms with Crippen LogP contribution in [-0.2, 0) is 4.79 Å². The van der Waals surface area contributed by atoms with Crippen LogP contribution in [0.4, 0.5) is 0 Å². The van der Waals surface area contributed by atoms with E-state index in [2.05, 4.69) is 35.7 Å². The molecule has 0 radical (unpaired) electrons. The number of hydrogen-bond acceptors (Lipinski definition) is 3. The Morgan fingerprint density at radius 1 is 1.13 bits per heavy atom. The van der Waals surface area contributed by atoms with Gasteiger partial charge in [-0.1, -0.05) is 37.1 Å². The summed E-state index contributed by atoms with van der Waals surface area (Å²) in [5, 5.41) is 4.40. The van der Waals surface area contributed by atoms with Crippen LogP contribution in [0.1, 0.15) is 49.5 Å². The molecule has 120 valence electrons. The van der Waals surface area contributed by atoms with Gasteiger partial charge >= 0.3 is 0 Å². The van der Waals surface area contributed by atoms with Gasteiger partial charge in [-0.15, -0.1) is 11.3 Å². The highest BCUT2D eigenvalue weighted by molar-refractivity contribution is 7.18. The molecule has 2 aromatic rings. The predicted octanol–water partition coefficient (Wildman–Crippen LogP) is 4.40. The molecular weight excluding hydrogens is 304 g/mol. The van der Waals surface area contributed by atoms with Crippen LogP contribution in [0.15, 0.2) is 36.4 Å². The summed E-state index contributed by atoms with van der Waals surface area (Å²) < 4.78 is 1.21. The van der Waals surface area contributed by atoms with E-state index in [0.29, 0.717) is 6.04 Å². The van der Waals surface area contributed by atoms with Crippen molar-refractivity contribution in [1.82, 2.24) is 10.3 Å². The Hall–Kier alpha value is -1.68. The van der Waals surface area contributed by atoms with Crippen molar-refractivity contribution >= 4 is 27.5 Å². The number of para-hydroxylation sites is 1. The van der Waals surface area contributed by atoms with Gasteiger partial charge in [0.1, 0.15) is 0 Å². The number of carbonyl (C=O) groups excluding carboxylic acids is 1. The van der Waals surface area contributed by atoms with E-state index < -0.39 is 0 Å². The Bertz CT molecular complexity index is 697. The quantitative estimate of drug-likeness (QED) is 0.849. The third-order valence-corrected chi connectivity index (χ3v) is 6.27. The van der Waals surface area contributed by atoms with Gasteiger partial charge in [-0.05, 0) is 37.8 Å². The maximum absolute atomic E-state index is 12.8. The molecule has 0 aliphatic heterocycles. The number of carbonyl (C=O) groups is 1. The first kappa shape index (κ1) is 14.9. The Labute approximate surface area is 140 Å². The second kappa shape index (κ2) is 6.44.